The van der Waals surface area contributed by atoms with Gasteiger partial charge in [0.15, 0.2) is 0 Å². The molecule has 2 atom stereocenters. The van der Waals surface area contributed by atoms with Crippen molar-refractivity contribution in [2.75, 3.05) is 27.2 Å². The number of rotatable bonds is 2. The third-order valence-electron chi connectivity index (χ3n) is 3.58. The van der Waals surface area contributed by atoms with Gasteiger partial charge in [0.05, 0.1) is 0 Å². The Morgan fingerprint density at radius 3 is 2.38 bits per heavy atom. The van der Waals surface area contributed by atoms with Crippen molar-refractivity contribution in [3.05, 3.63) is 0 Å². The van der Waals surface area contributed by atoms with Crippen LogP contribution < -0.4 is 5.73 Å². The van der Waals surface area contributed by atoms with Crippen LogP contribution >= 0.6 is 0 Å². The van der Waals surface area contributed by atoms with Gasteiger partial charge in [-0.3, -0.25) is 4.90 Å². The lowest BCUT2D eigenvalue weighted by Crippen LogP contribution is -2.60. The monoisotopic (exact) mass is 183 g/mol. The third-order valence-corrected chi connectivity index (χ3v) is 3.58. The quantitative estimate of drug-likeness (QED) is 0.659. The molecule has 0 aromatic carbocycles. The molecule has 0 bridgehead atoms. The van der Waals surface area contributed by atoms with E-state index in [4.69, 9.17) is 5.73 Å². The summed E-state index contributed by atoms with van der Waals surface area (Å²) in [6, 6.07) is 2.06. The van der Waals surface area contributed by atoms with E-state index in [-0.39, 0.29) is 0 Å². The van der Waals surface area contributed by atoms with E-state index >= 15 is 0 Å². The topological polar surface area (TPSA) is 32.5 Å². The molecule has 0 radical (unpaired) electrons. The maximum atomic E-state index is 5.90. The van der Waals surface area contributed by atoms with E-state index in [1.165, 1.54) is 32.4 Å². The Morgan fingerprint density at radius 2 is 1.92 bits per heavy atom. The molecule has 2 aliphatic rings. The highest BCUT2D eigenvalue weighted by Crippen LogP contribution is 2.27. The van der Waals surface area contributed by atoms with Crippen molar-refractivity contribution < 1.29 is 0 Å². The number of nitrogens with two attached hydrogens (primary N) is 1. The molecule has 1 saturated heterocycles. The zero-order chi connectivity index (χ0) is 9.42. The van der Waals surface area contributed by atoms with Gasteiger partial charge in [-0.05, 0) is 33.4 Å². The van der Waals surface area contributed by atoms with Crippen LogP contribution in [0.4, 0.5) is 0 Å². The normalized spacial score (nSPS) is 36.9. The Hall–Kier alpha value is -0.120. The van der Waals surface area contributed by atoms with Gasteiger partial charge in [0.2, 0.25) is 0 Å². The van der Waals surface area contributed by atoms with Gasteiger partial charge in [0.1, 0.15) is 0 Å². The lowest BCUT2D eigenvalue weighted by atomic mass is 10.0. The van der Waals surface area contributed by atoms with Crippen LogP contribution in [0.2, 0.25) is 0 Å². The molecular formula is C10H21N3. The minimum absolute atomic E-state index is 0.475. The summed E-state index contributed by atoms with van der Waals surface area (Å²) < 4.78 is 0. The van der Waals surface area contributed by atoms with E-state index < -0.39 is 0 Å². The van der Waals surface area contributed by atoms with Crippen molar-refractivity contribution in [3.63, 3.8) is 0 Å². The van der Waals surface area contributed by atoms with Crippen LogP contribution in [0.15, 0.2) is 0 Å². The first-order valence-electron chi connectivity index (χ1n) is 5.33. The lowest BCUT2D eigenvalue weighted by molar-refractivity contribution is 0.0290. The largest absolute Gasteiger partial charge is 0.328 e. The first-order valence-corrected chi connectivity index (χ1v) is 5.33. The van der Waals surface area contributed by atoms with Crippen LogP contribution in [-0.4, -0.2) is 55.1 Å². The number of hydrogen-bond acceptors (Lipinski definition) is 3. The molecule has 1 aliphatic carbocycles. The fourth-order valence-corrected chi connectivity index (χ4v) is 2.44. The maximum Gasteiger partial charge on any atom is 0.0344 e. The average molecular weight is 183 g/mol. The molecule has 13 heavy (non-hydrogen) atoms. The predicted octanol–water partition coefficient (Wildman–Crippen LogP) is 0.112. The molecule has 0 amide bonds. The molecule has 3 nitrogen and oxygen atoms in total. The molecule has 0 aromatic rings. The number of nitrogens with zero attached hydrogens (tertiary/aromatic N) is 2. The molecule has 0 aromatic heterocycles. The summed E-state index contributed by atoms with van der Waals surface area (Å²) >= 11 is 0. The van der Waals surface area contributed by atoms with Crippen molar-refractivity contribution in [1.29, 1.82) is 0 Å². The summed E-state index contributed by atoms with van der Waals surface area (Å²) in [6.45, 7) is 2.51. The molecular weight excluding hydrogens is 162 g/mol. The van der Waals surface area contributed by atoms with E-state index in [1.54, 1.807) is 0 Å². The summed E-state index contributed by atoms with van der Waals surface area (Å²) in [5.41, 5.74) is 5.90. The fourth-order valence-electron chi connectivity index (χ4n) is 2.44. The smallest absolute Gasteiger partial charge is 0.0344 e. The molecule has 2 fully saturated rings. The van der Waals surface area contributed by atoms with Crippen molar-refractivity contribution in [2.45, 2.75) is 37.4 Å². The molecule has 0 spiro atoms. The third kappa shape index (κ3) is 1.87. The SMILES string of the molecule is CN(C)C1CN(C2CCC(N)C2)C1. The Morgan fingerprint density at radius 1 is 1.23 bits per heavy atom. The molecule has 2 unspecified atom stereocenters. The first kappa shape index (κ1) is 9.44. The summed E-state index contributed by atoms with van der Waals surface area (Å²) in [5, 5.41) is 0. The second-order valence-corrected chi connectivity index (χ2v) is 4.80. The van der Waals surface area contributed by atoms with Crippen LogP contribution in [0, 0.1) is 0 Å². The van der Waals surface area contributed by atoms with Gasteiger partial charge < -0.3 is 10.6 Å². The molecule has 2 rings (SSSR count). The molecule has 76 valence electrons. The van der Waals surface area contributed by atoms with Crippen molar-refractivity contribution in [2.24, 2.45) is 5.73 Å². The van der Waals surface area contributed by atoms with Crippen molar-refractivity contribution in [1.82, 2.24) is 9.80 Å². The summed E-state index contributed by atoms with van der Waals surface area (Å²) in [4.78, 5) is 4.92. The standard InChI is InChI=1S/C10H21N3/c1-12(2)10-6-13(7-10)9-4-3-8(11)5-9/h8-10H,3-7,11H2,1-2H3. The van der Waals surface area contributed by atoms with Crippen LogP contribution in [0.5, 0.6) is 0 Å². The van der Waals surface area contributed by atoms with Crippen molar-refractivity contribution in [3.8, 4) is 0 Å². The second kappa shape index (κ2) is 3.56. The Bertz CT molecular complexity index is 175. The highest BCUT2D eigenvalue weighted by atomic mass is 15.3. The molecule has 1 saturated carbocycles. The maximum absolute atomic E-state index is 5.90. The van der Waals surface area contributed by atoms with E-state index in [1.807, 2.05) is 0 Å². The van der Waals surface area contributed by atoms with E-state index in [9.17, 15) is 0 Å². The number of hydrogen-bond donors (Lipinski definition) is 1. The van der Waals surface area contributed by atoms with Gasteiger partial charge in [-0.15, -0.1) is 0 Å². The van der Waals surface area contributed by atoms with Gasteiger partial charge >= 0.3 is 0 Å². The van der Waals surface area contributed by atoms with Gasteiger partial charge in [0, 0.05) is 31.2 Å². The van der Waals surface area contributed by atoms with Crippen LogP contribution in [0.25, 0.3) is 0 Å². The van der Waals surface area contributed by atoms with Crippen LogP contribution in [-0.2, 0) is 0 Å². The molecule has 1 heterocycles. The number of likely N-dealkylation sites (N-methyl/N-ethyl adjacent to an activating group) is 1. The summed E-state index contributed by atoms with van der Waals surface area (Å²) in [6.07, 6.45) is 3.77. The Balaban J connectivity index is 1.74. The zero-order valence-corrected chi connectivity index (χ0v) is 8.74. The first-order chi connectivity index (χ1) is 6.16. The number of likely N-dealkylation sites (tertiary alicyclic amines) is 1. The molecule has 2 N–H and O–H groups in total. The van der Waals surface area contributed by atoms with Gasteiger partial charge in [-0.1, -0.05) is 0 Å². The van der Waals surface area contributed by atoms with E-state index in [0.717, 1.165) is 12.1 Å². The highest BCUT2D eigenvalue weighted by molar-refractivity contribution is 4.94. The Labute approximate surface area is 80.9 Å². The van der Waals surface area contributed by atoms with Crippen LogP contribution in [0.3, 0.4) is 0 Å². The van der Waals surface area contributed by atoms with Gasteiger partial charge in [-0.2, -0.15) is 0 Å². The summed E-state index contributed by atoms with van der Waals surface area (Å²) in [5.74, 6) is 0. The second-order valence-electron chi connectivity index (χ2n) is 4.80. The average Bonchev–Trinajstić information content (AvgIpc) is 2.31. The Kier molecular flexibility index (Phi) is 2.58. The van der Waals surface area contributed by atoms with Crippen molar-refractivity contribution >= 4 is 0 Å². The molecule has 3 heteroatoms. The van der Waals surface area contributed by atoms with Crippen LogP contribution in [0.1, 0.15) is 19.3 Å². The lowest BCUT2D eigenvalue weighted by Gasteiger charge is -2.46. The summed E-state index contributed by atoms with van der Waals surface area (Å²) in [7, 11) is 4.34. The minimum atomic E-state index is 0.475. The highest BCUT2D eigenvalue weighted by Gasteiger charge is 2.36. The predicted molar refractivity (Wildman–Crippen MR) is 54.7 cm³/mol. The van der Waals surface area contributed by atoms with Gasteiger partial charge in [0.25, 0.3) is 0 Å². The molecule has 1 aliphatic heterocycles. The van der Waals surface area contributed by atoms with E-state index in [2.05, 4.69) is 23.9 Å². The zero-order valence-electron chi connectivity index (χ0n) is 8.74. The minimum Gasteiger partial charge on any atom is -0.328 e. The fraction of sp³-hybridized carbons (Fsp3) is 1.00. The van der Waals surface area contributed by atoms with Gasteiger partial charge in [-0.25, -0.2) is 0 Å². The van der Waals surface area contributed by atoms with E-state index in [0.29, 0.717) is 6.04 Å².